The number of amides is 1. The molecule has 7 heteroatoms. The van der Waals surface area contributed by atoms with Crippen LogP contribution >= 0.6 is 11.8 Å². The largest absolute Gasteiger partial charge is 0.486 e. The van der Waals surface area contributed by atoms with Crippen LogP contribution < -0.4 is 9.64 Å². The second-order valence-electron chi connectivity index (χ2n) is 7.13. The highest BCUT2D eigenvalue weighted by Crippen LogP contribution is 2.28. The number of thioether (sulfide) groups is 1. The van der Waals surface area contributed by atoms with Gasteiger partial charge < -0.3 is 14.2 Å². The van der Waals surface area contributed by atoms with E-state index < -0.39 is 0 Å². The molecule has 0 spiro atoms. The summed E-state index contributed by atoms with van der Waals surface area (Å²) in [5.41, 5.74) is 3.43. The van der Waals surface area contributed by atoms with Crippen molar-refractivity contribution in [3.63, 3.8) is 0 Å². The van der Waals surface area contributed by atoms with Gasteiger partial charge in [-0.2, -0.15) is 0 Å². The minimum atomic E-state index is 0.0997. The third-order valence-electron chi connectivity index (χ3n) is 5.02. The molecule has 0 N–H and O–H groups in total. The van der Waals surface area contributed by atoms with Gasteiger partial charge in [-0.1, -0.05) is 42.1 Å². The average molecular weight is 409 g/mol. The predicted octanol–water partition coefficient (Wildman–Crippen LogP) is 3.77. The minimum absolute atomic E-state index is 0.0997. The molecule has 1 aromatic heterocycles. The highest BCUT2D eigenvalue weighted by molar-refractivity contribution is 7.99. The van der Waals surface area contributed by atoms with Crippen LogP contribution in [0.3, 0.4) is 0 Å². The van der Waals surface area contributed by atoms with E-state index in [9.17, 15) is 4.79 Å². The average Bonchev–Trinajstić information content (AvgIpc) is 3.09. The number of fused-ring (bicyclic) bond motifs is 1. The molecule has 1 aliphatic rings. The van der Waals surface area contributed by atoms with Crippen molar-refractivity contribution in [3.8, 4) is 5.75 Å². The van der Waals surface area contributed by atoms with E-state index in [4.69, 9.17) is 4.74 Å². The van der Waals surface area contributed by atoms with Gasteiger partial charge in [-0.05, 0) is 49.1 Å². The number of aryl methyl sites for hydroxylation is 2. The number of nitrogens with zero attached hydrogens (tertiary/aromatic N) is 4. The Balaban J connectivity index is 1.36. The van der Waals surface area contributed by atoms with Crippen molar-refractivity contribution in [2.45, 2.75) is 31.5 Å². The van der Waals surface area contributed by atoms with Crippen molar-refractivity contribution in [3.05, 3.63) is 65.5 Å². The van der Waals surface area contributed by atoms with Crippen LogP contribution in [0.2, 0.25) is 0 Å². The molecule has 0 radical (unpaired) electrons. The first-order valence-electron chi connectivity index (χ1n) is 9.70. The van der Waals surface area contributed by atoms with E-state index in [2.05, 4.69) is 16.3 Å². The summed E-state index contributed by atoms with van der Waals surface area (Å²) in [4.78, 5) is 14.7. The first-order valence-corrected chi connectivity index (χ1v) is 10.7. The molecule has 0 aliphatic carbocycles. The fraction of sp³-hybridized carbons (Fsp3) is 0.318. The van der Waals surface area contributed by atoms with Gasteiger partial charge in [-0.25, -0.2) is 0 Å². The van der Waals surface area contributed by atoms with Crippen LogP contribution in [0.4, 0.5) is 5.69 Å². The lowest BCUT2D eigenvalue weighted by molar-refractivity contribution is -0.116. The van der Waals surface area contributed by atoms with Crippen LogP contribution in [0, 0.1) is 6.92 Å². The molecular formula is C22H24N4O2S. The number of benzene rings is 2. The Morgan fingerprint density at radius 3 is 2.90 bits per heavy atom. The van der Waals surface area contributed by atoms with Crippen molar-refractivity contribution in [1.82, 2.24) is 14.8 Å². The zero-order valence-corrected chi connectivity index (χ0v) is 17.5. The molecule has 0 atom stereocenters. The Morgan fingerprint density at radius 2 is 2.03 bits per heavy atom. The normalized spacial score (nSPS) is 13.2. The van der Waals surface area contributed by atoms with Gasteiger partial charge in [0.25, 0.3) is 0 Å². The lowest BCUT2D eigenvalue weighted by Gasteiger charge is -2.29. The Hall–Kier alpha value is -2.80. The summed E-state index contributed by atoms with van der Waals surface area (Å²) < 4.78 is 7.71. The molecule has 3 aromatic rings. The Morgan fingerprint density at radius 1 is 1.17 bits per heavy atom. The van der Waals surface area contributed by atoms with Gasteiger partial charge in [0.1, 0.15) is 12.4 Å². The topological polar surface area (TPSA) is 60.3 Å². The quantitative estimate of drug-likeness (QED) is 0.581. The van der Waals surface area contributed by atoms with Gasteiger partial charge in [0, 0.05) is 19.3 Å². The summed E-state index contributed by atoms with van der Waals surface area (Å²) in [7, 11) is 1.90. The molecule has 1 aliphatic heterocycles. The summed E-state index contributed by atoms with van der Waals surface area (Å²) in [6.07, 6.45) is 2.03. The van der Waals surface area contributed by atoms with Crippen molar-refractivity contribution in [1.29, 1.82) is 0 Å². The molecule has 2 aromatic carbocycles. The van der Waals surface area contributed by atoms with E-state index in [-0.39, 0.29) is 5.91 Å². The molecule has 4 rings (SSSR count). The van der Waals surface area contributed by atoms with Crippen LogP contribution in [0.15, 0.2) is 53.7 Å². The Kier molecular flexibility index (Phi) is 5.85. The van der Waals surface area contributed by atoms with Crippen molar-refractivity contribution in [2.24, 2.45) is 7.05 Å². The van der Waals surface area contributed by atoms with Gasteiger partial charge >= 0.3 is 0 Å². The number of carbonyl (C=O) groups is 1. The molecule has 0 bridgehead atoms. The molecule has 29 heavy (non-hydrogen) atoms. The van der Waals surface area contributed by atoms with Gasteiger partial charge in [-0.15, -0.1) is 10.2 Å². The summed E-state index contributed by atoms with van der Waals surface area (Å²) >= 11 is 1.41. The molecule has 0 fully saturated rings. The van der Waals surface area contributed by atoms with Gasteiger partial charge in [-0.3, -0.25) is 4.79 Å². The number of ether oxygens (including phenoxy) is 1. The molecule has 0 unspecified atom stereocenters. The highest BCUT2D eigenvalue weighted by atomic mass is 32.2. The summed E-state index contributed by atoms with van der Waals surface area (Å²) in [5, 5.41) is 9.17. The third-order valence-corrected chi connectivity index (χ3v) is 6.02. The summed E-state index contributed by atoms with van der Waals surface area (Å²) in [6.45, 7) is 3.13. The Bertz CT molecular complexity index is 1020. The number of hydrogen-bond acceptors (Lipinski definition) is 5. The van der Waals surface area contributed by atoms with Gasteiger partial charge in [0.05, 0.1) is 5.75 Å². The van der Waals surface area contributed by atoms with Crippen LogP contribution in [0.1, 0.15) is 23.4 Å². The molecule has 150 valence electrons. The molecule has 0 saturated heterocycles. The van der Waals surface area contributed by atoms with Gasteiger partial charge in [0.2, 0.25) is 5.91 Å². The van der Waals surface area contributed by atoms with E-state index in [1.165, 1.54) is 17.3 Å². The Labute approximate surface area is 174 Å². The van der Waals surface area contributed by atoms with Crippen molar-refractivity contribution in [2.75, 3.05) is 17.2 Å². The smallest absolute Gasteiger partial charge is 0.237 e. The number of anilines is 1. The molecule has 1 amide bonds. The lowest BCUT2D eigenvalue weighted by atomic mass is 10.0. The molecule has 0 saturated carbocycles. The first kappa shape index (κ1) is 19.5. The molecule has 2 heterocycles. The van der Waals surface area contributed by atoms with Crippen molar-refractivity contribution < 1.29 is 9.53 Å². The fourth-order valence-corrected chi connectivity index (χ4v) is 4.25. The number of rotatable bonds is 6. The first-order chi connectivity index (χ1) is 14.1. The predicted molar refractivity (Wildman–Crippen MR) is 114 cm³/mol. The van der Waals surface area contributed by atoms with E-state index in [1.54, 1.807) is 0 Å². The minimum Gasteiger partial charge on any atom is -0.486 e. The molecule has 6 nitrogen and oxygen atoms in total. The zero-order chi connectivity index (χ0) is 20.2. The third kappa shape index (κ3) is 4.45. The monoisotopic (exact) mass is 408 g/mol. The van der Waals surface area contributed by atoms with Crippen molar-refractivity contribution >= 4 is 23.4 Å². The fourth-order valence-electron chi connectivity index (χ4n) is 3.45. The SMILES string of the molecule is Cc1cccc(OCc2nnc(SCC(=O)N3CCCc4ccccc43)n2C)c1. The van der Waals surface area contributed by atoms with E-state index in [1.807, 2.05) is 65.9 Å². The van der Waals surface area contributed by atoms with E-state index >= 15 is 0 Å². The standard InChI is InChI=1S/C22H24N4O2S/c1-16-7-5-10-18(13-16)28-14-20-23-24-22(25(20)2)29-15-21(27)26-12-6-9-17-8-3-4-11-19(17)26/h3-5,7-8,10-11,13H,6,9,12,14-15H2,1-2H3. The van der Waals surface area contributed by atoms with Crippen LogP contribution in [-0.4, -0.2) is 33.0 Å². The maximum absolute atomic E-state index is 12.8. The highest BCUT2D eigenvalue weighted by Gasteiger charge is 2.22. The van der Waals surface area contributed by atoms with Gasteiger partial charge in [0.15, 0.2) is 11.0 Å². The van der Waals surface area contributed by atoms with E-state index in [0.717, 1.165) is 42.2 Å². The molecular weight excluding hydrogens is 384 g/mol. The second-order valence-corrected chi connectivity index (χ2v) is 8.07. The maximum atomic E-state index is 12.8. The maximum Gasteiger partial charge on any atom is 0.237 e. The summed E-state index contributed by atoms with van der Waals surface area (Å²) in [5.74, 6) is 1.97. The summed E-state index contributed by atoms with van der Waals surface area (Å²) in [6, 6.07) is 16.1. The van der Waals surface area contributed by atoms with Crippen LogP contribution in [0.25, 0.3) is 0 Å². The lowest BCUT2D eigenvalue weighted by Crippen LogP contribution is -2.36. The number of hydrogen-bond donors (Lipinski definition) is 0. The van der Waals surface area contributed by atoms with Crippen LogP contribution in [-0.2, 0) is 24.9 Å². The van der Waals surface area contributed by atoms with Crippen LogP contribution in [0.5, 0.6) is 5.75 Å². The number of carbonyl (C=O) groups excluding carboxylic acids is 1. The zero-order valence-electron chi connectivity index (χ0n) is 16.7. The van der Waals surface area contributed by atoms with E-state index in [0.29, 0.717) is 17.5 Å². The number of para-hydroxylation sites is 1. The second kappa shape index (κ2) is 8.69. The number of aromatic nitrogens is 3.